The summed E-state index contributed by atoms with van der Waals surface area (Å²) in [5.41, 5.74) is 2.32. The number of rotatable bonds is 8. The maximum Gasteiger partial charge on any atom is 0.124 e. The van der Waals surface area contributed by atoms with E-state index >= 15 is 0 Å². The third kappa shape index (κ3) is 4.38. The molecule has 0 spiro atoms. The number of aliphatic hydroxyl groups excluding tert-OH is 1. The maximum absolute atomic E-state index is 9.11. The molecule has 1 N–H and O–H groups in total. The average Bonchev–Trinajstić information content (AvgIpc) is 3.06. The van der Waals surface area contributed by atoms with Crippen LogP contribution in [0.4, 0.5) is 0 Å². The van der Waals surface area contributed by atoms with E-state index in [1.807, 2.05) is 0 Å². The van der Waals surface area contributed by atoms with Gasteiger partial charge < -0.3 is 5.11 Å². The van der Waals surface area contributed by atoms with Gasteiger partial charge in [0.1, 0.15) is 5.01 Å². The van der Waals surface area contributed by atoms with Crippen LogP contribution in [0.1, 0.15) is 25.5 Å². The molecule has 3 nitrogen and oxygen atoms in total. The van der Waals surface area contributed by atoms with Crippen molar-refractivity contribution in [3.63, 3.8) is 0 Å². The highest BCUT2D eigenvalue weighted by Crippen LogP contribution is 2.26. The molecule has 0 unspecified atom stereocenters. The molecular formula is C14H20N2OS2. The van der Waals surface area contributed by atoms with Gasteiger partial charge in [0.15, 0.2) is 0 Å². The van der Waals surface area contributed by atoms with E-state index in [0.29, 0.717) is 0 Å². The molecule has 0 radical (unpaired) electrons. The fourth-order valence-corrected chi connectivity index (χ4v) is 3.44. The summed E-state index contributed by atoms with van der Waals surface area (Å²) in [6.45, 7) is 4.99. The summed E-state index contributed by atoms with van der Waals surface area (Å²) >= 11 is 3.40. The van der Waals surface area contributed by atoms with E-state index in [4.69, 9.17) is 5.11 Å². The van der Waals surface area contributed by atoms with Gasteiger partial charge in [0.2, 0.25) is 0 Å². The number of aliphatic hydroxyl groups is 1. The quantitative estimate of drug-likeness (QED) is 0.810. The molecule has 2 aromatic rings. The molecule has 0 aromatic carbocycles. The summed E-state index contributed by atoms with van der Waals surface area (Å²) in [6, 6.07) is 2.11. The number of thiazole rings is 1. The molecule has 2 rings (SSSR count). The highest BCUT2D eigenvalue weighted by molar-refractivity contribution is 7.14. The van der Waals surface area contributed by atoms with Crippen molar-refractivity contribution in [3.8, 4) is 10.6 Å². The molecule has 0 atom stereocenters. The zero-order valence-electron chi connectivity index (χ0n) is 11.2. The van der Waals surface area contributed by atoms with Crippen LogP contribution in [0.5, 0.6) is 0 Å². The van der Waals surface area contributed by atoms with Crippen LogP contribution in [0.3, 0.4) is 0 Å². The Hall–Kier alpha value is -0.750. The maximum atomic E-state index is 9.11. The second-order valence-corrected chi connectivity index (χ2v) is 6.15. The summed E-state index contributed by atoms with van der Waals surface area (Å²) in [5.74, 6) is 0. The topological polar surface area (TPSA) is 36.4 Å². The highest BCUT2D eigenvalue weighted by Gasteiger charge is 2.09. The largest absolute Gasteiger partial charge is 0.395 e. The minimum Gasteiger partial charge on any atom is -0.395 e. The minimum atomic E-state index is 0.214. The Labute approximate surface area is 122 Å². The predicted octanol–water partition coefficient (Wildman–Crippen LogP) is 3.47. The summed E-state index contributed by atoms with van der Waals surface area (Å²) in [5, 5.41) is 16.5. The summed E-state index contributed by atoms with van der Waals surface area (Å²) in [6.07, 6.45) is 2.35. The molecule has 2 heterocycles. The van der Waals surface area contributed by atoms with Crippen molar-refractivity contribution in [1.82, 2.24) is 9.88 Å². The normalized spacial score (nSPS) is 11.3. The molecular weight excluding hydrogens is 276 g/mol. The van der Waals surface area contributed by atoms with Crippen LogP contribution in [0.2, 0.25) is 0 Å². The number of aromatic nitrogens is 1. The molecule has 0 aliphatic rings. The van der Waals surface area contributed by atoms with E-state index in [1.165, 1.54) is 18.4 Å². The minimum absolute atomic E-state index is 0.214. The summed E-state index contributed by atoms with van der Waals surface area (Å²) in [7, 11) is 0. The van der Waals surface area contributed by atoms with Crippen LogP contribution < -0.4 is 0 Å². The Morgan fingerprint density at radius 1 is 1.32 bits per heavy atom. The number of thiophene rings is 1. The fourth-order valence-electron chi connectivity index (χ4n) is 1.92. The molecule has 2 aromatic heterocycles. The second kappa shape index (κ2) is 7.75. The first kappa shape index (κ1) is 14.7. The van der Waals surface area contributed by atoms with Crippen molar-refractivity contribution in [1.29, 1.82) is 0 Å². The Balaban J connectivity index is 1.97. The van der Waals surface area contributed by atoms with E-state index in [0.717, 1.165) is 30.3 Å². The van der Waals surface area contributed by atoms with Gasteiger partial charge in [0.25, 0.3) is 0 Å². The van der Waals surface area contributed by atoms with Gasteiger partial charge in [-0.15, -0.1) is 11.3 Å². The molecule has 0 bridgehead atoms. The third-order valence-corrected chi connectivity index (χ3v) is 4.57. The first-order valence-electron chi connectivity index (χ1n) is 6.63. The van der Waals surface area contributed by atoms with E-state index in [-0.39, 0.29) is 6.61 Å². The van der Waals surface area contributed by atoms with Gasteiger partial charge in [-0.2, -0.15) is 11.3 Å². The standard InChI is InChI=1S/C14H20N2OS2/c1-2-3-5-16(6-7-17)9-13-11-19-14(15-13)12-4-8-18-10-12/h4,8,10-11,17H,2-3,5-7,9H2,1H3. The van der Waals surface area contributed by atoms with Gasteiger partial charge in [0, 0.05) is 29.4 Å². The van der Waals surface area contributed by atoms with Crippen molar-refractivity contribution in [2.45, 2.75) is 26.3 Å². The Kier molecular flexibility index (Phi) is 5.97. The number of hydrogen-bond donors (Lipinski definition) is 1. The molecule has 0 saturated heterocycles. The monoisotopic (exact) mass is 296 g/mol. The van der Waals surface area contributed by atoms with Crippen molar-refractivity contribution >= 4 is 22.7 Å². The highest BCUT2D eigenvalue weighted by atomic mass is 32.1. The van der Waals surface area contributed by atoms with Crippen LogP contribution >= 0.6 is 22.7 Å². The molecule has 0 amide bonds. The molecule has 5 heteroatoms. The van der Waals surface area contributed by atoms with Gasteiger partial charge in [-0.1, -0.05) is 13.3 Å². The second-order valence-electron chi connectivity index (χ2n) is 4.51. The van der Waals surface area contributed by atoms with Gasteiger partial charge in [-0.25, -0.2) is 4.98 Å². The lowest BCUT2D eigenvalue weighted by atomic mass is 10.3. The fraction of sp³-hybridized carbons (Fsp3) is 0.500. The van der Waals surface area contributed by atoms with Crippen molar-refractivity contribution in [2.75, 3.05) is 19.7 Å². The smallest absolute Gasteiger partial charge is 0.124 e. The Bertz CT molecular complexity index is 468. The van der Waals surface area contributed by atoms with Crippen LogP contribution in [0.15, 0.2) is 22.2 Å². The lowest BCUT2D eigenvalue weighted by Gasteiger charge is -2.19. The summed E-state index contributed by atoms with van der Waals surface area (Å²) in [4.78, 5) is 6.96. The number of hydrogen-bond acceptors (Lipinski definition) is 5. The van der Waals surface area contributed by atoms with Crippen LogP contribution in [-0.4, -0.2) is 34.7 Å². The van der Waals surface area contributed by atoms with Gasteiger partial charge >= 0.3 is 0 Å². The lowest BCUT2D eigenvalue weighted by molar-refractivity contribution is 0.187. The molecule has 104 valence electrons. The van der Waals surface area contributed by atoms with E-state index in [9.17, 15) is 0 Å². The van der Waals surface area contributed by atoms with Crippen LogP contribution in [0.25, 0.3) is 10.6 Å². The zero-order chi connectivity index (χ0) is 13.5. The van der Waals surface area contributed by atoms with Crippen molar-refractivity contribution in [3.05, 3.63) is 27.9 Å². The molecule has 0 aliphatic heterocycles. The Morgan fingerprint density at radius 3 is 2.89 bits per heavy atom. The van der Waals surface area contributed by atoms with E-state index < -0.39 is 0 Å². The number of nitrogens with zero attached hydrogens (tertiary/aromatic N) is 2. The molecule has 0 saturated carbocycles. The van der Waals surface area contributed by atoms with Crippen LogP contribution in [-0.2, 0) is 6.54 Å². The third-order valence-electron chi connectivity index (χ3n) is 2.95. The van der Waals surface area contributed by atoms with E-state index in [1.54, 1.807) is 22.7 Å². The van der Waals surface area contributed by atoms with Crippen molar-refractivity contribution < 1.29 is 5.11 Å². The molecule has 19 heavy (non-hydrogen) atoms. The predicted molar refractivity (Wildman–Crippen MR) is 82.7 cm³/mol. The SMILES string of the molecule is CCCCN(CCO)Cc1csc(-c2ccsc2)n1. The van der Waals surface area contributed by atoms with Gasteiger partial charge in [-0.05, 0) is 24.4 Å². The molecule has 0 aliphatic carbocycles. The first-order chi connectivity index (χ1) is 9.33. The molecule has 0 fully saturated rings. The number of unbranched alkanes of at least 4 members (excludes halogenated alkanes) is 1. The van der Waals surface area contributed by atoms with E-state index in [2.05, 4.69) is 39.0 Å². The Morgan fingerprint density at radius 2 is 2.21 bits per heavy atom. The average molecular weight is 296 g/mol. The van der Waals surface area contributed by atoms with Crippen molar-refractivity contribution in [2.24, 2.45) is 0 Å². The first-order valence-corrected chi connectivity index (χ1v) is 8.46. The van der Waals surface area contributed by atoms with Gasteiger partial charge in [-0.3, -0.25) is 4.90 Å². The lowest BCUT2D eigenvalue weighted by Crippen LogP contribution is -2.27. The zero-order valence-corrected chi connectivity index (χ0v) is 12.8. The summed E-state index contributed by atoms with van der Waals surface area (Å²) < 4.78 is 0. The van der Waals surface area contributed by atoms with Crippen LogP contribution in [0, 0.1) is 0 Å². The van der Waals surface area contributed by atoms with Gasteiger partial charge in [0.05, 0.1) is 12.3 Å².